The molecule has 0 aromatic heterocycles. The topological polar surface area (TPSA) is 41.6 Å². The molecule has 22 heavy (non-hydrogen) atoms. The van der Waals surface area contributed by atoms with Crippen LogP contribution in [0, 0.1) is 5.92 Å². The van der Waals surface area contributed by atoms with E-state index < -0.39 is 0 Å². The number of benzene rings is 1. The van der Waals surface area contributed by atoms with E-state index in [1.807, 2.05) is 43.1 Å². The van der Waals surface area contributed by atoms with Crippen molar-refractivity contribution in [2.75, 3.05) is 26.7 Å². The first-order valence-electron chi connectivity index (χ1n) is 7.86. The van der Waals surface area contributed by atoms with Gasteiger partial charge in [-0.15, -0.1) is 12.4 Å². The smallest absolute Gasteiger partial charge is 0.222 e. The first-order chi connectivity index (χ1) is 10.2. The summed E-state index contributed by atoms with van der Waals surface area (Å²) in [7, 11) is 1.88. The Morgan fingerprint density at radius 1 is 1.32 bits per heavy atom. The maximum Gasteiger partial charge on any atom is 0.222 e. The van der Waals surface area contributed by atoms with Gasteiger partial charge in [0, 0.05) is 25.6 Å². The summed E-state index contributed by atoms with van der Waals surface area (Å²) in [6.45, 7) is 5.30. The maximum atomic E-state index is 12.3. The van der Waals surface area contributed by atoms with Gasteiger partial charge in [-0.1, -0.05) is 18.2 Å². The lowest BCUT2D eigenvalue weighted by atomic mass is 9.94. The van der Waals surface area contributed by atoms with Gasteiger partial charge in [0.2, 0.25) is 5.91 Å². The van der Waals surface area contributed by atoms with Crippen LogP contribution < -0.4 is 10.1 Å². The highest BCUT2D eigenvalue weighted by Gasteiger charge is 2.19. The summed E-state index contributed by atoms with van der Waals surface area (Å²) in [4.78, 5) is 14.2. The molecule has 2 rings (SSSR count). The van der Waals surface area contributed by atoms with E-state index in [0.29, 0.717) is 25.5 Å². The van der Waals surface area contributed by atoms with E-state index in [1.165, 1.54) is 0 Å². The fourth-order valence-corrected chi connectivity index (χ4v) is 2.76. The molecule has 5 heteroatoms. The molecule has 0 saturated carbocycles. The van der Waals surface area contributed by atoms with Gasteiger partial charge in [0.05, 0.1) is 6.61 Å². The third-order valence-corrected chi connectivity index (χ3v) is 4.03. The molecule has 0 unspecified atom stereocenters. The first kappa shape index (κ1) is 18.8. The van der Waals surface area contributed by atoms with Crippen LogP contribution in [0.1, 0.15) is 31.7 Å². The van der Waals surface area contributed by atoms with Crippen molar-refractivity contribution in [3.63, 3.8) is 0 Å². The highest BCUT2D eigenvalue weighted by atomic mass is 35.5. The van der Waals surface area contributed by atoms with Crippen LogP contribution in [0.3, 0.4) is 0 Å². The van der Waals surface area contributed by atoms with E-state index >= 15 is 0 Å². The number of piperidine rings is 1. The molecule has 1 aliphatic rings. The molecular weight excluding hydrogens is 300 g/mol. The molecule has 1 fully saturated rings. The second-order valence-corrected chi connectivity index (χ2v) is 5.69. The Bertz CT molecular complexity index is 462. The Hall–Kier alpha value is -1.26. The summed E-state index contributed by atoms with van der Waals surface area (Å²) in [5, 5.41) is 3.34. The zero-order chi connectivity index (χ0) is 15.1. The van der Waals surface area contributed by atoms with Crippen LogP contribution in [0.15, 0.2) is 24.3 Å². The van der Waals surface area contributed by atoms with Crippen molar-refractivity contribution >= 4 is 18.3 Å². The van der Waals surface area contributed by atoms with Crippen LogP contribution in [-0.4, -0.2) is 37.6 Å². The van der Waals surface area contributed by atoms with Crippen LogP contribution >= 0.6 is 12.4 Å². The average molecular weight is 327 g/mol. The van der Waals surface area contributed by atoms with Gasteiger partial charge in [0.1, 0.15) is 5.75 Å². The first-order valence-corrected chi connectivity index (χ1v) is 7.86. The fraction of sp³-hybridized carbons (Fsp3) is 0.588. The maximum absolute atomic E-state index is 12.3. The van der Waals surface area contributed by atoms with E-state index in [1.54, 1.807) is 0 Å². The molecule has 1 N–H and O–H groups in total. The van der Waals surface area contributed by atoms with Gasteiger partial charge in [0.15, 0.2) is 0 Å². The number of carbonyl (C=O) groups excluding carboxylic acids is 1. The Kier molecular flexibility index (Phi) is 8.28. The minimum Gasteiger partial charge on any atom is -0.494 e. The number of hydrogen-bond acceptors (Lipinski definition) is 3. The molecule has 0 atom stereocenters. The number of amides is 1. The molecular formula is C17H27ClN2O2. The van der Waals surface area contributed by atoms with Gasteiger partial charge < -0.3 is 15.0 Å². The van der Waals surface area contributed by atoms with Gasteiger partial charge >= 0.3 is 0 Å². The molecule has 4 nitrogen and oxygen atoms in total. The van der Waals surface area contributed by atoms with E-state index in [0.717, 1.165) is 37.2 Å². The number of ether oxygens (including phenoxy) is 1. The number of rotatable bonds is 6. The van der Waals surface area contributed by atoms with Crippen LogP contribution in [0.5, 0.6) is 5.75 Å². The Morgan fingerprint density at radius 3 is 2.68 bits per heavy atom. The van der Waals surface area contributed by atoms with Gasteiger partial charge in [-0.25, -0.2) is 0 Å². The summed E-state index contributed by atoms with van der Waals surface area (Å²) in [6.07, 6.45) is 2.87. The second-order valence-electron chi connectivity index (χ2n) is 5.69. The number of halogens is 1. The molecule has 1 heterocycles. The molecule has 0 spiro atoms. The summed E-state index contributed by atoms with van der Waals surface area (Å²) in [6, 6.07) is 7.94. The van der Waals surface area contributed by atoms with Crippen LogP contribution in [-0.2, 0) is 11.3 Å². The predicted molar refractivity (Wildman–Crippen MR) is 91.5 cm³/mol. The fourth-order valence-electron chi connectivity index (χ4n) is 2.76. The summed E-state index contributed by atoms with van der Waals surface area (Å²) in [5.74, 6) is 1.64. The number of nitrogens with one attached hydrogen (secondary N) is 1. The van der Waals surface area contributed by atoms with E-state index in [9.17, 15) is 4.79 Å². The van der Waals surface area contributed by atoms with Crippen molar-refractivity contribution in [2.45, 2.75) is 32.7 Å². The minimum absolute atomic E-state index is 0. The monoisotopic (exact) mass is 326 g/mol. The number of para-hydroxylation sites is 1. The van der Waals surface area contributed by atoms with Crippen LogP contribution in [0.25, 0.3) is 0 Å². The summed E-state index contributed by atoms with van der Waals surface area (Å²) < 4.78 is 5.62. The number of hydrogen-bond donors (Lipinski definition) is 1. The number of carbonyl (C=O) groups is 1. The highest BCUT2D eigenvalue weighted by Crippen LogP contribution is 2.21. The Labute approximate surface area is 139 Å². The van der Waals surface area contributed by atoms with Crippen molar-refractivity contribution in [1.29, 1.82) is 0 Å². The lowest BCUT2D eigenvalue weighted by Crippen LogP contribution is -2.33. The Balaban J connectivity index is 0.00000242. The van der Waals surface area contributed by atoms with Gasteiger partial charge in [-0.2, -0.15) is 0 Å². The molecule has 1 saturated heterocycles. The summed E-state index contributed by atoms with van der Waals surface area (Å²) >= 11 is 0. The predicted octanol–water partition coefficient (Wildman–Crippen LogP) is 2.86. The van der Waals surface area contributed by atoms with Crippen molar-refractivity contribution < 1.29 is 9.53 Å². The highest BCUT2D eigenvalue weighted by molar-refractivity contribution is 5.85. The molecule has 0 bridgehead atoms. The van der Waals surface area contributed by atoms with Crippen molar-refractivity contribution in [3.05, 3.63) is 29.8 Å². The quantitative estimate of drug-likeness (QED) is 0.874. The van der Waals surface area contributed by atoms with Gasteiger partial charge in [-0.05, 0) is 44.8 Å². The second kappa shape index (κ2) is 9.70. The van der Waals surface area contributed by atoms with Crippen LogP contribution in [0.2, 0.25) is 0 Å². The van der Waals surface area contributed by atoms with Gasteiger partial charge in [0.25, 0.3) is 0 Å². The van der Waals surface area contributed by atoms with Gasteiger partial charge in [-0.3, -0.25) is 4.79 Å². The zero-order valence-electron chi connectivity index (χ0n) is 13.5. The number of nitrogens with zero attached hydrogens (tertiary/aromatic N) is 1. The van der Waals surface area contributed by atoms with E-state index in [-0.39, 0.29) is 18.3 Å². The van der Waals surface area contributed by atoms with Crippen molar-refractivity contribution in [2.24, 2.45) is 5.92 Å². The average Bonchev–Trinajstić information content (AvgIpc) is 2.50. The molecule has 1 amide bonds. The van der Waals surface area contributed by atoms with E-state index in [2.05, 4.69) is 5.32 Å². The molecule has 124 valence electrons. The van der Waals surface area contributed by atoms with Crippen LogP contribution in [0.4, 0.5) is 0 Å². The molecule has 1 aliphatic heterocycles. The molecule has 1 aromatic carbocycles. The normalized spacial score (nSPS) is 15.0. The third kappa shape index (κ3) is 5.50. The molecule has 0 radical (unpaired) electrons. The lowest BCUT2D eigenvalue weighted by Gasteiger charge is -2.25. The SMILES string of the molecule is CCOc1ccccc1CN(C)C(=O)CC1CCNCC1.Cl. The Morgan fingerprint density at radius 2 is 2.00 bits per heavy atom. The lowest BCUT2D eigenvalue weighted by molar-refractivity contribution is -0.131. The third-order valence-electron chi connectivity index (χ3n) is 4.03. The standard InChI is InChI=1S/C17H26N2O2.ClH/c1-3-21-16-7-5-4-6-15(16)13-19(2)17(20)12-14-8-10-18-11-9-14;/h4-7,14,18H,3,8-13H2,1-2H3;1H. The summed E-state index contributed by atoms with van der Waals surface area (Å²) in [5.41, 5.74) is 1.07. The van der Waals surface area contributed by atoms with Crippen molar-refractivity contribution in [3.8, 4) is 5.75 Å². The largest absolute Gasteiger partial charge is 0.494 e. The molecule has 1 aromatic rings. The van der Waals surface area contributed by atoms with E-state index in [4.69, 9.17) is 4.74 Å². The molecule has 0 aliphatic carbocycles. The minimum atomic E-state index is 0. The zero-order valence-corrected chi connectivity index (χ0v) is 14.3. The van der Waals surface area contributed by atoms with Crippen molar-refractivity contribution in [1.82, 2.24) is 10.2 Å².